The molecule has 0 heterocycles. The van der Waals surface area contributed by atoms with Crippen LogP contribution < -0.4 is 5.32 Å². The number of rotatable bonds is 7. The summed E-state index contributed by atoms with van der Waals surface area (Å²) in [4.78, 5) is 9.91. The van der Waals surface area contributed by atoms with Gasteiger partial charge in [-0.05, 0) is 19.4 Å². The van der Waals surface area contributed by atoms with Crippen molar-refractivity contribution in [1.82, 2.24) is 5.32 Å². The van der Waals surface area contributed by atoms with Crippen LogP contribution in [0.1, 0.15) is 12.8 Å². The van der Waals surface area contributed by atoms with Gasteiger partial charge in [-0.15, -0.1) is 0 Å². The highest BCUT2D eigenvalue weighted by Gasteiger charge is 2.37. The van der Waals surface area contributed by atoms with Gasteiger partial charge in [0.05, 0.1) is 6.54 Å². The van der Waals surface area contributed by atoms with E-state index in [1.165, 1.54) is 0 Å². The minimum atomic E-state index is -3.71. The minimum Gasteiger partial charge on any atom is -0.477 e. The van der Waals surface area contributed by atoms with E-state index in [-0.39, 0.29) is 13.2 Å². The molecule has 0 aromatic heterocycles. The molecule has 0 aliphatic rings. The zero-order valence-corrected chi connectivity index (χ0v) is 7.09. The summed E-state index contributed by atoms with van der Waals surface area (Å²) in [6, 6.07) is 0. The van der Waals surface area contributed by atoms with E-state index < -0.39 is 18.4 Å². The van der Waals surface area contributed by atoms with Crippen LogP contribution in [0.2, 0.25) is 0 Å². The lowest BCUT2D eigenvalue weighted by Gasteiger charge is -2.11. The van der Waals surface area contributed by atoms with Gasteiger partial charge in [0.25, 0.3) is 0 Å². The van der Waals surface area contributed by atoms with Gasteiger partial charge in [0.1, 0.15) is 0 Å². The number of alkyl halides is 2. The average Bonchev–Trinajstić information content (AvgIpc) is 2.03. The Morgan fingerprint density at radius 2 is 2.00 bits per heavy atom. The first-order chi connectivity index (χ1) is 6.00. The largest absolute Gasteiger partial charge is 0.477 e. The number of hydrogen-bond donors (Lipinski definition) is 3. The maximum Gasteiger partial charge on any atom is 0.375 e. The van der Waals surface area contributed by atoms with Crippen molar-refractivity contribution in [2.75, 3.05) is 19.7 Å². The summed E-state index contributed by atoms with van der Waals surface area (Å²) in [7, 11) is 0. The van der Waals surface area contributed by atoms with Gasteiger partial charge in [-0.2, -0.15) is 8.78 Å². The van der Waals surface area contributed by atoms with E-state index >= 15 is 0 Å². The smallest absolute Gasteiger partial charge is 0.375 e. The van der Waals surface area contributed by atoms with Crippen LogP contribution in [0.3, 0.4) is 0 Å². The highest BCUT2D eigenvalue weighted by Crippen LogP contribution is 2.11. The molecule has 13 heavy (non-hydrogen) atoms. The van der Waals surface area contributed by atoms with Crippen LogP contribution in [0.15, 0.2) is 0 Å². The minimum absolute atomic E-state index is 0.0109. The van der Waals surface area contributed by atoms with Crippen molar-refractivity contribution in [3.63, 3.8) is 0 Å². The maximum atomic E-state index is 12.3. The average molecular weight is 197 g/mol. The molecule has 4 nitrogen and oxygen atoms in total. The van der Waals surface area contributed by atoms with Gasteiger partial charge in [-0.25, -0.2) is 4.79 Å². The van der Waals surface area contributed by atoms with Gasteiger partial charge in [-0.1, -0.05) is 0 Å². The van der Waals surface area contributed by atoms with Gasteiger partial charge < -0.3 is 15.5 Å². The number of aliphatic hydroxyl groups excluding tert-OH is 1. The number of halogens is 2. The molecule has 6 heteroatoms. The maximum absolute atomic E-state index is 12.3. The van der Waals surface area contributed by atoms with Crippen LogP contribution >= 0.6 is 0 Å². The molecule has 0 spiro atoms. The molecule has 0 radical (unpaired) electrons. The summed E-state index contributed by atoms with van der Waals surface area (Å²) in [5, 5.41) is 18.7. The second kappa shape index (κ2) is 5.82. The van der Waals surface area contributed by atoms with Crippen LogP contribution in [-0.4, -0.2) is 41.8 Å². The Morgan fingerprint density at radius 3 is 2.46 bits per heavy atom. The van der Waals surface area contributed by atoms with E-state index in [1.807, 2.05) is 0 Å². The van der Waals surface area contributed by atoms with E-state index in [0.29, 0.717) is 12.8 Å². The number of nitrogens with one attached hydrogen (secondary N) is 1. The first kappa shape index (κ1) is 12.2. The fourth-order valence-electron chi connectivity index (χ4n) is 0.683. The standard InChI is InChI=1S/C7H13F2NO3/c8-7(9,6(12)13)5-10-3-1-2-4-11/h10-11H,1-5H2,(H,12,13). The van der Waals surface area contributed by atoms with Gasteiger partial charge >= 0.3 is 11.9 Å². The highest BCUT2D eigenvalue weighted by molar-refractivity contribution is 5.75. The topological polar surface area (TPSA) is 69.6 Å². The number of carboxylic acid groups (broad SMARTS) is 1. The number of carboxylic acids is 1. The van der Waals surface area contributed by atoms with Gasteiger partial charge in [0.15, 0.2) is 0 Å². The Hall–Kier alpha value is -0.750. The van der Waals surface area contributed by atoms with Crippen molar-refractivity contribution < 1.29 is 23.8 Å². The number of aliphatic carboxylic acids is 1. The first-order valence-corrected chi connectivity index (χ1v) is 3.93. The Balaban J connectivity index is 3.46. The lowest BCUT2D eigenvalue weighted by Crippen LogP contribution is -2.40. The third kappa shape index (κ3) is 5.48. The van der Waals surface area contributed by atoms with Crippen LogP contribution in [0, 0.1) is 0 Å². The summed E-state index contributed by atoms with van der Waals surface area (Å²) in [5.74, 6) is -5.83. The summed E-state index contributed by atoms with van der Waals surface area (Å²) >= 11 is 0. The highest BCUT2D eigenvalue weighted by atomic mass is 19.3. The molecule has 78 valence electrons. The van der Waals surface area contributed by atoms with Crippen LogP contribution in [0.4, 0.5) is 8.78 Å². The molecular weight excluding hydrogens is 184 g/mol. The molecule has 0 aliphatic carbocycles. The zero-order chi connectivity index (χ0) is 10.3. The fourth-order valence-corrected chi connectivity index (χ4v) is 0.683. The Bertz CT molecular complexity index is 164. The predicted molar refractivity (Wildman–Crippen MR) is 41.8 cm³/mol. The Morgan fingerprint density at radius 1 is 1.38 bits per heavy atom. The van der Waals surface area contributed by atoms with Crippen molar-refractivity contribution in [1.29, 1.82) is 0 Å². The second-order valence-electron chi connectivity index (χ2n) is 2.62. The predicted octanol–water partition coefficient (Wildman–Crippen LogP) is 0.0684. The number of aliphatic hydroxyl groups is 1. The van der Waals surface area contributed by atoms with Crippen LogP contribution in [0.5, 0.6) is 0 Å². The molecule has 0 aromatic carbocycles. The molecule has 0 bridgehead atoms. The van der Waals surface area contributed by atoms with E-state index in [0.717, 1.165) is 0 Å². The molecule has 0 rings (SSSR count). The van der Waals surface area contributed by atoms with Gasteiger partial charge in [-0.3, -0.25) is 0 Å². The normalized spacial score (nSPS) is 11.6. The quantitative estimate of drug-likeness (QED) is 0.505. The van der Waals surface area contributed by atoms with Gasteiger partial charge in [0.2, 0.25) is 0 Å². The van der Waals surface area contributed by atoms with Crippen molar-refractivity contribution in [2.45, 2.75) is 18.8 Å². The molecule has 0 saturated heterocycles. The third-order valence-corrected chi connectivity index (χ3v) is 1.42. The van der Waals surface area contributed by atoms with Gasteiger partial charge in [0, 0.05) is 6.61 Å². The fraction of sp³-hybridized carbons (Fsp3) is 0.857. The van der Waals surface area contributed by atoms with Crippen LogP contribution in [0.25, 0.3) is 0 Å². The molecule has 3 N–H and O–H groups in total. The Labute approximate surface area is 74.6 Å². The lowest BCUT2D eigenvalue weighted by molar-refractivity contribution is -0.164. The van der Waals surface area contributed by atoms with Crippen molar-refractivity contribution in [3.8, 4) is 0 Å². The van der Waals surface area contributed by atoms with Crippen molar-refractivity contribution >= 4 is 5.97 Å². The SMILES string of the molecule is O=C(O)C(F)(F)CNCCCCO. The van der Waals surface area contributed by atoms with E-state index in [1.54, 1.807) is 0 Å². The van der Waals surface area contributed by atoms with E-state index in [2.05, 4.69) is 5.32 Å². The Kier molecular flexibility index (Phi) is 5.48. The second-order valence-corrected chi connectivity index (χ2v) is 2.62. The molecule has 0 fully saturated rings. The van der Waals surface area contributed by atoms with Crippen LogP contribution in [-0.2, 0) is 4.79 Å². The molecule has 0 amide bonds. The number of unbranched alkanes of at least 4 members (excludes halogenated alkanes) is 1. The summed E-state index contributed by atoms with van der Waals surface area (Å²) in [5.41, 5.74) is 0. The van der Waals surface area contributed by atoms with E-state index in [9.17, 15) is 13.6 Å². The zero-order valence-electron chi connectivity index (χ0n) is 7.09. The lowest BCUT2D eigenvalue weighted by atomic mass is 10.3. The molecule has 0 atom stereocenters. The van der Waals surface area contributed by atoms with Crippen molar-refractivity contribution in [2.24, 2.45) is 0 Å². The molecule has 0 aliphatic heterocycles. The molecule has 0 unspecified atom stereocenters. The van der Waals surface area contributed by atoms with Crippen molar-refractivity contribution in [3.05, 3.63) is 0 Å². The molecular formula is C7H13F2NO3. The summed E-state index contributed by atoms with van der Waals surface area (Å²) in [6.07, 6.45) is 1.07. The number of carbonyl (C=O) groups is 1. The first-order valence-electron chi connectivity index (χ1n) is 3.93. The third-order valence-electron chi connectivity index (χ3n) is 1.42. The molecule has 0 aromatic rings. The molecule has 0 saturated carbocycles. The van der Waals surface area contributed by atoms with E-state index in [4.69, 9.17) is 10.2 Å². The summed E-state index contributed by atoms with van der Waals surface area (Å²) in [6.45, 7) is -0.575. The summed E-state index contributed by atoms with van der Waals surface area (Å²) < 4.78 is 24.7. The number of hydrogen-bond acceptors (Lipinski definition) is 3. The monoisotopic (exact) mass is 197 g/mol.